The molecule has 2 aromatic rings. The summed E-state index contributed by atoms with van der Waals surface area (Å²) in [4.78, 5) is 3.91. The Hall–Kier alpha value is -1.04. The summed E-state index contributed by atoms with van der Waals surface area (Å²) in [6.07, 6.45) is -4.35. The molecule has 1 aromatic carbocycles. The smallest absolute Gasteiger partial charge is 0.416 e. The SMILES string of the molecule is FC(F)(F)c1ccc2oc(Br)nc2c1. The van der Waals surface area contributed by atoms with Gasteiger partial charge in [0.2, 0.25) is 0 Å². The van der Waals surface area contributed by atoms with Crippen molar-refractivity contribution in [3.63, 3.8) is 0 Å². The van der Waals surface area contributed by atoms with Crippen LogP contribution in [-0.2, 0) is 6.18 Å². The number of alkyl halides is 3. The second-order valence-corrected chi connectivity index (χ2v) is 3.33. The van der Waals surface area contributed by atoms with Gasteiger partial charge in [-0.2, -0.15) is 13.2 Å². The topological polar surface area (TPSA) is 26.0 Å². The van der Waals surface area contributed by atoms with Crippen molar-refractivity contribution < 1.29 is 17.6 Å². The predicted octanol–water partition coefficient (Wildman–Crippen LogP) is 3.61. The normalized spacial score (nSPS) is 12.3. The lowest BCUT2D eigenvalue weighted by Gasteiger charge is -2.04. The molecule has 6 heteroatoms. The van der Waals surface area contributed by atoms with Crippen LogP contribution in [0.2, 0.25) is 0 Å². The van der Waals surface area contributed by atoms with Crippen molar-refractivity contribution in [3.05, 3.63) is 28.6 Å². The van der Waals surface area contributed by atoms with Gasteiger partial charge in [-0.05, 0) is 18.2 Å². The van der Waals surface area contributed by atoms with Crippen molar-refractivity contribution in [3.8, 4) is 0 Å². The van der Waals surface area contributed by atoms with E-state index in [1.807, 2.05) is 0 Å². The van der Waals surface area contributed by atoms with E-state index in [1.165, 1.54) is 6.07 Å². The fourth-order valence-electron chi connectivity index (χ4n) is 1.08. The summed E-state index contributed by atoms with van der Waals surface area (Å²) in [6, 6.07) is 3.15. The molecule has 0 aliphatic carbocycles. The van der Waals surface area contributed by atoms with Crippen molar-refractivity contribution in [2.24, 2.45) is 0 Å². The van der Waals surface area contributed by atoms with Crippen LogP contribution < -0.4 is 0 Å². The van der Waals surface area contributed by atoms with Gasteiger partial charge in [0.15, 0.2) is 5.58 Å². The highest BCUT2D eigenvalue weighted by atomic mass is 79.9. The first-order chi connectivity index (χ1) is 6.47. The number of fused-ring (bicyclic) bond motifs is 1. The number of halogens is 4. The van der Waals surface area contributed by atoms with Crippen LogP contribution in [0.5, 0.6) is 0 Å². The van der Waals surface area contributed by atoms with E-state index in [0.29, 0.717) is 5.58 Å². The molecule has 74 valence electrons. The van der Waals surface area contributed by atoms with E-state index in [-0.39, 0.29) is 10.3 Å². The first-order valence-corrected chi connectivity index (χ1v) is 4.39. The van der Waals surface area contributed by atoms with Crippen molar-refractivity contribution in [1.82, 2.24) is 4.98 Å². The van der Waals surface area contributed by atoms with Gasteiger partial charge >= 0.3 is 6.18 Å². The molecule has 0 aliphatic heterocycles. The highest BCUT2D eigenvalue weighted by Crippen LogP contribution is 2.31. The highest BCUT2D eigenvalue weighted by molar-refractivity contribution is 9.10. The average molecular weight is 266 g/mol. The summed E-state index contributed by atoms with van der Waals surface area (Å²) in [5.41, 5.74) is -0.220. The first kappa shape index (κ1) is 9.51. The van der Waals surface area contributed by atoms with Crippen LogP contribution in [0, 0.1) is 0 Å². The molecule has 0 N–H and O–H groups in total. The summed E-state index contributed by atoms with van der Waals surface area (Å²) in [6.45, 7) is 0. The third-order valence-corrected chi connectivity index (χ3v) is 2.03. The van der Waals surface area contributed by atoms with E-state index < -0.39 is 11.7 Å². The van der Waals surface area contributed by atoms with Crippen LogP contribution >= 0.6 is 15.9 Å². The Kier molecular flexibility index (Phi) is 2.02. The molecule has 1 aromatic heterocycles. The Balaban J connectivity index is 2.62. The second kappa shape index (κ2) is 2.98. The second-order valence-electron chi connectivity index (χ2n) is 2.65. The van der Waals surface area contributed by atoms with E-state index in [2.05, 4.69) is 20.9 Å². The molecule has 14 heavy (non-hydrogen) atoms. The molecule has 0 radical (unpaired) electrons. The van der Waals surface area contributed by atoms with Crippen LogP contribution in [0.3, 0.4) is 0 Å². The molecule has 0 unspecified atom stereocenters. The number of benzene rings is 1. The van der Waals surface area contributed by atoms with E-state index in [4.69, 9.17) is 4.42 Å². The van der Waals surface area contributed by atoms with Crippen molar-refractivity contribution in [1.29, 1.82) is 0 Å². The van der Waals surface area contributed by atoms with Crippen molar-refractivity contribution in [2.75, 3.05) is 0 Å². The largest absolute Gasteiger partial charge is 0.431 e. The van der Waals surface area contributed by atoms with Gasteiger partial charge in [-0.15, -0.1) is 0 Å². The number of rotatable bonds is 0. The summed E-state index contributed by atoms with van der Waals surface area (Å²) in [7, 11) is 0. The lowest BCUT2D eigenvalue weighted by Crippen LogP contribution is -2.03. The summed E-state index contributed by atoms with van der Waals surface area (Å²) in [5, 5.41) is 0. The number of oxazole rings is 1. The average Bonchev–Trinajstić information content (AvgIpc) is 2.41. The Bertz CT molecular complexity index is 477. The maximum Gasteiger partial charge on any atom is 0.416 e. The lowest BCUT2D eigenvalue weighted by molar-refractivity contribution is -0.137. The molecule has 0 atom stereocenters. The van der Waals surface area contributed by atoms with Gasteiger partial charge in [-0.3, -0.25) is 0 Å². The van der Waals surface area contributed by atoms with Gasteiger partial charge in [-0.25, -0.2) is 4.98 Å². The molecule has 0 spiro atoms. The zero-order valence-corrected chi connectivity index (χ0v) is 8.19. The maximum atomic E-state index is 12.3. The minimum absolute atomic E-state index is 0.173. The van der Waals surface area contributed by atoms with Crippen LogP contribution in [0.4, 0.5) is 13.2 Å². The zero-order valence-electron chi connectivity index (χ0n) is 6.60. The van der Waals surface area contributed by atoms with Gasteiger partial charge in [0.25, 0.3) is 4.80 Å². The molecule has 1 heterocycles. The predicted molar refractivity (Wildman–Crippen MR) is 46.7 cm³/mol. The molecule has 0 bridgehead atoms. The van der Waals surface area contributed by atoms with E-state index >= 15 is 0 Å². The quantitative estimate of drug-likeness (QED) is 0.728. The van der Waals surface area contributed by atoms with Crippen LogP contribution in [0.1, 0.15) is 5.56 Å². The third kappa shape index (κ3) is 1.61. The van der Waals surface area contributed by atoms with E-state index in [1.54, 1.807) is 0 Å². The minimum atomic E-state index is -4.35. The Morgan fingerprint density at radius 2 is 2.00 bits per heavy atom. The van der Waals surface area contributed by atoms with E-state index in [0.717, 1.165) is 12.1 Å². The molecule has 0 fully saturated rings. The van der Waals surface area contributed by atoms with Crippen LogP contribution in [0.25, 0.3) is 11.1 Å². The molecule has 2 rings (SSSR count). The summed E-state index contributed by atoms with van der Waals surface area (Å²) < 4.78 is 41.7. The number of nitrogens with zero attached hydrogens (tertiary/aromatic N) is 1. The molecule has 0 aliphatic rings. The molecule has 0 saturated heterocycles. The Labute approximate surface area is 84.9 Å². The zero-order chi connectivity index (χ0) is 10.3. The molecular weight excluding hydrogens is 263 g/mol. The van der Waals surface area contributed by atoms with Crippen molar-refractivity contribution >= 4 is 27.0 Å². The van der Waals surface area contributed by atoms with Gasteiger partial charge in [-0.1, -0.05) is 0 Å². The standard InChI is InChI=1S/C8H3BrF3NO/c9-7-13-5-3-4(8(10,11)12)1-2-6(5)14-7/h1-3H. The Morgan fingerprint density at radius 3 is 2.64 bits per heavy atom. The number of aromatic nitrogens is 1. The van der Waals surface area contributed by atoms with Gasteiger partial charge in [0, 0.05) is 15.9 Å². The van der Waals surface area contributed by atoms with Gasteiger partial charge < -0.3 is 4.42 Å². The molecule has 2 nitrogen and oxygen atoms in total. The lowest BCUT2D eigenvalue weighted by atomic mass is 10.2. The van der Waals surface area contributed by atoms with Crippen molar-refractivity contribution in [2.45, 2.75) is 6.18 Å². The van der Waals surface area contributed by atoms with Crippen LogP contribution in [-0.4, -0.2) is 4.98 Å². The molecule has 0 amide bonds. The van der Waals surface area contributed by atoms with Crippen LogP contribution in [0.15, 0.2) is 27.4 Å². The fourth-order valence-corrected chi connectivity index (χ4v) is 1.44. The Morgan fingerprint density at radius 1 is 1.29 bits per heavy atom. The van der Waals surface area contributed by atoms with Gasteiger partial charge in [0.1, 0.15) is 5.52 Å². The maximum absolute atomic E-state index is 12.3. The third-order valence-electron chi connectivity index (χ3n) is 1.69. The summed E-state index contributed by atoms with van der Waals surface area (Å²) in [5.74, 6) is 0. The minimum Gasteiger partial charge on any atom is -0.431 e. The van der Waals surface area contributed by atoms with E-state index in [9.17, 15) is 13.2 Å². The number of hydrogen-bond acceptors (Lipinski definition) is 2. The summed E-state index contributed by atoms with van der Waals surface area (Å²) >= 11 is 2.94. The van der Waals surface area contributed by atoms with Gasteiger partial charge in [0.05, 0.1) is 5.56 Å². The fraction of sp³-hybridized carbons (Fsp3) is 0.125. The highest BCUT2D eigenvalue weighted by Gasteiger charge is 2.30. The first-order valence-electron chi connectivity index (χ1n) is 3.60. The molecular formula is C8H3BrF3NO. The monoisotopic (exact) mass is 265 g/mol. The molecule has 0 saturated carbocycles. The number of hydrogen-bond donors (Lipinski definition) is 0.